The van der Waals surface area contributed by atoms with E-state index < -0.39 is 11.9 Å². The predicted molar refractivity (Wildman–Crippen MR) is 235 cm³/mol. The zero-order valence-electron chi connectivity index (χ0n) is 35.9. The number of carbonyl (C=O) groups excluding carboxylic acids is 4. The number of ketones is 1. The van der Waals surface area contributed by atoms with E-state index in [0.29, 0.717) is 68.3 Å². The van der Waals surface area contributed by atoms with Gasteiger partial charge in [-0.15, -0.1) is 0 Å². The Kier molecular flexibility index (Phi) is 10.2. The lowest BCUT2D eigenvalue weighted by atomic mass is 9.97. The molecule has 0 spiro atoms. The van der Waals surface area contributed by atoms with Crippen molar-refractivity contribution in [1.82, 2.24) is 49.7 Å². The number of imide groups is 1. The Bertz CT molecular complexity index is 2970. The lowest BCUT2D eigenvalue weighted by molar-refractivity contribution is -0.136. The van der Waals surface area contributed by atoms with Gasteiger partial charge in [-0.1, -0.05) is 17.3 Å². The molecule has 7 heterocycles. The number of rotatable bonds is 15. The molecule has 63 heavy (non-hydrogen) atoms. The molecule has 322 valence electrons. The maximum atomic E-state index is 13.9. The van der Waals surface area contributed by atoms with Crippen molar-refractivity contribution < 1.29 is 23.7 Å². The summed E-state index contributed by atoms with van der Waals surface area (Å²) >= 11 is 0. The Hall–Kier alpha value is -6.97. The molecular formula is C47H49N11O5. The van der Waals surface area contributed by atoms with Crippen LogP contribution in [0.25, 0.3) is 33.1 Å². The number of anilines is 2. The number of aromatic nitrogens is 8. The van der Waals surface area contributed by atoms with Crippen LogP contribution in [0.15, 0.2) is 53.4 Å². The number of imidazole rings is 1. The Morgan fingerprint density at radius 2 is 1.86 bits per heavy atom. The third-order valence-corrected chi connectivity index (χ3v) is 12.8. The number of aryl methyl sites for hydroxylation is 7. The lowest BCUT2D eigenvalue weighted by Crippen LogP contribution is -2.52. The topological polar surface area (TPSA) is 199 Å². The van der Waals surface area contributed by atoms with Crippen molar-refractivity contribution in [3.63, 3.8) is 0 Å². The molecule has 3 aliphatic rings. The molecule has 1 saturated heterocycles. The number of carbonyl (C=O) groups is 4. The van der Waals surface area contributed by atoms with Crippen LogP contribution in [0.5, 0.6) is 0 Å². The summed E-state index contributed by atoms with van der Waals surface area (Å²) in [6.45, 7) is 9.73. The van der Waals surface area contributed by atoms with Crippen LogP contribution in [0.4, 0.5) is 11.6 Å². The second-order valence-electron chi connectivity index (χ2n) is 17.2. The number of H-pyrrole nitrogens is 1. The molecule has 0 bridgehead atoms. The highest BCUT2D eigenvalue weighted by Gasteiger charge is 2.39. The molecule has 7 aromatic rings. The van der Waals surface area contributed by atoms with Crippen LogP contribution in [0.3, 0.4) is 0 Å². The number of Topliss-reactive ketones (excluding diaryl/α,β-unsaturated/α-hetero) is 1. The van der Waals surface area contributed by atoms with E-state index in [4.69, 9.17) is 19.6 Å². The lowest BCUT2D eigenvalue weighted by Gasteiger charge is -2.29. The van der Waals surface area contributed by atoms with Gasteiger partial charge in [0, 0.05) is 72.7 Å². The highest BCUT2D eigenvalue weighted by atomic mass is 16.5. The Balaban J connectivity index is 0.820. The van der Waals surface area contributed by atoms with Gasteiger partial charge in [-0.05, 0) is 113 Å². The Morgan fingerprint density at radius 3 is 2.63 bits per heavy atom. The van der Waals surface area contributed by atoms with Gasteiger partial charge in [0.1, 0.15) is 29.1 Å². The fraction of sp³-hybridized carbons (Fsp3) is 0.383. The molecule has 0 radical (unpaired) electrons. The number of benzene rings is 2. The van der Waals surface area contributed by atoms with Crippen LogP contribution < -0.4 is 10.6 Å². The minimum Gasteiger partial charge on any atom is -0.361 e. The van der Waals surface area contributed by atoms with E-state index in [1.807, 2.05) is 53.8 Å². The first kappa shape index (κ1) is 40.1. The molecule has 3 amide bonds. The standard InChI is InChI=1S/C47H49N11O5/c1-5-58-39(21-35(54-58)29-12-13-29)50-45-42-33-19-25(2)32(41-26(3)55-63-27(41)4)20-36(33)49-44(42)52-43(53-45)38(59)11-6-7-18-56-22-30(48-24-56)15-14-28-9-8-10-31-34(28)23-57(47(31)62)37-16-17-40(60)51-46(37)61/h8-10,19-22,24,29,37H,5-7,11-18,23H2,1-4H3,(H,51,60,61)(H2,49,50,52,53). The van der Waals surface area contributed by atoms with Crippen molar-refractivity contribution in [2.75, 3.05) is 5.32 Å². The van der Waals surface area contributed by atoms with Crippen LogP contribution in [0.1, 0.15) is 118 Å². The smallest absolute Gasteiger partial charge is 0.255 e. The van der Waals surface area contributed by atoms with Gasteiger partial charge >= 0.3 is 0 Å². The zero-order chi connectivity index (χ0) is 43.5. The van der Waals surface area contributed by atoms with Crippen LogP contribution in [-0.2, 0) is 42.1 Å². The zero-order valence-corrected chi connectivity index (χ0v) is 35.9. The number of aromatic amines is 1. The van der Waals surface area contributed by atoms with Gasteiger partial charge in [0.05, 0.1) is 28.8 Å². The summed E-state index contributed by atoms with van der Waals surface area (Å²) in [5.41, 5.74) is 9.90. The van der Waals surface area contributed by atoms with Crippen LogP contribution >= 0.6 is 0 Å². The molecule has 16 nitrogen and oxygen atoms in total. The normalized spacial score (nSPS) is 16.4. The monoisotopic (exact) mass is 847 g/mol. The van der Waals surface area contributed by atoms with E-state index in [1.165, 1.54) is 0 Å². The molecule has 1 saturated carbocycles. The van der Waals surface area contributed by atoms with Crippen molar-refractivity contribution in [3.8, 4) is 11.1 Å². The van der Waals surface area contributed by atoms with Gasteiger partial charge < -0.3 is 24.3 Å². The third-order valence-electron chi connectivity index (χ3n) is 12.8. The SMILES string of the molecule is CCn1nc(C2CC2)cc1Nc1nc(C(=O)CCCCn2cnc(CCc3cccc4c3CN(C3CCC(=O)NC3=O)C4=O)c2)nc2[nH]c3cc(-c4c(C)noc4C)c(C)cc3c12. The molecule has 3 N–H and O–H groups in total. The second kappa shape index (κ2) is 16.1. The fourth-order valence-electron chi connectivity index (χ4n) is 9.28. The summed E-state index contributed by atoms with van der Waals surface area (Å²) in [5.74, 6) is 1.76. The Labute approximate surface area is 362 Å². The molecule has 1 atom stereocenters. The molecule has 2 aliphatic heterocycles. The molecule has 2 fully saturated rings. The van der Waals surface area contributed by atoms with E-state index >= 15 is 0 Å². The summed E-state index contributed by atoms with van der Waals surface area (Å²) in [5, 5.41) is 16.7. The number of nitrogens with zero attached hydrogens (tertiary/aromatic N) is 8. The number of fused-ring (bicyclic) bond motifs is 4. The maximum absolute atomic E-state index is 13.9. The van der Waals surface area contributed by atoms with Gasteiger partial charge in [0.2, 0.25) is 11.8 Å². The summed E-state index contributed by atoms with van der Waals surface area (Å²) in [6.07, 6.45) is 9.75. The molecule has 10 rings (SSSR count). The van der Waals surface area contributed by atoms with Gasteiger partial charge in [-0.2, -0.15) is 5.10 Å². The summed E-state index contributed by atoms with van der Waals surface area (Å²) in [6, 6.07) is 11.4. The molecule has 16 heteroatoms. The minimum absolute atomic E-state index is 0.134. The van der Waals surface area contributed by atoms with Crippen LogP contribution in [0, 0.1) is 20.8 Å². The van der Waals surface area contributed by atoms with Crippen LogP contribution in [-0.4, -0.2) is 73.9 Å². The number of unbranched alkanes of at least 4 members (excludes halogenated alkanes) is 1. The summed E-state index contributed by atoms with van der Waals surface area (Å²) in [7, 11) is 0. The van der Waals surface area contributed by atoms with E-state index in [-0.39, 0.29) is 36.3 Å². The number of hydrogen-bond donors (Lipinski definition) is 3. The molecule has 5 aromatic heterocycles. The van der Waals surface area contributed by atoms with Crippen molar-refractivity contribution in [3.05, 3.63) is 99.8 Å². The van der Waals surface area contributed by atoms with Crippen molar-refractivity contribution >= 4 is 57.1 Å². The molecular weight excluding hydrogens is 799 g/mol. The predicted octanol–water partition coefficient (Wildman–Crippen LogP) is 7.32. The van der Waals surface area contributed by atoms with Gasteiger partial charge in [0.25, 0.3) is 5.91 Å². The average Bonchev–Trinajstić information content (AvgIpc) is 3.52. The summed E-state index contributed by atoms with van der Waals surface area (Å²) in [4.78, 5) is 70.9. The molecule has 1 unspecified atom stereocenters. The van der Waals surface area contributed by atoms with Crippen molar-refractivity contribution in [2.45, 2.75) is 117 Å². The first-order valence-electron chi connectivity index (χ1n) is 21.9. The van der Waals surface area contributed by atoms with Crippen molar-refractivity contribution in [2.24, 2.45) is 0 Å². The fourth-order valence-corrected chi connectivity index (χ4v) is 9.28. The number of hydrogen-bond acceptors (Lipinski definition) is 11. The first-order chi connectivity index (χ1) is 30.5. The average molecular weight is 848 g/mol. The summed E-state index contributed by atoms with van der Waals surface area (Å²) < 4.78 is 9.51. The molecule has 1 aliphatic carbocycles. The first-order valence-corrected chi connectivity index (χ1v) is 21.9. The maximum Gasteiger partial charge on any atom is 0.255 e. The molecule has 2 aromatic carbocycles. The second-order valence-corrected chi connectivity index (χ2v) is 17.2. The highest BCUT2D eigenvalue weighted by Crippen LogP contribution is 2.42. The number of nitrogens with one attached hydrogen (secondary N) is 3. The van der Waals surface area contributed by atoms with Gasteiger partial charge in [-0.3, -0.25) is 24.5 Å². The number of piperidine rings is 1. The van der Waals surface area contributed by atoms with Crippen molar-refractivity contribution in [1.29, 1.82) is 0 Å². The Morgan fingerprint density at radius 1 is 1.00 bits per heavy atom. The van der Waals surface area contributed by atoms with E-state index in [1.54, 1.807) is 4.90 Å². The van der Waals surface area contributed by atoms with Gasteiger partial charge in [-0.25, -0.2) is 19.6 Å². The third kappa shape index (κ3) is 7.56. The highest BCUT2D eigenvalue weighted by molar-refractivity contribution is 6.14. The van der Waals surface area contributed by atoms with E-state index in [0.717, 1.165) is 92.0 Å². The van der Waals surface area contributed by atoms with E-state index in [9.17, 15) is 19.2 Å². The van der Waals surface area contributed by atoms with Gasteiger partial charge in [0.15, 0.2) is 11.6 Å². The quantitative estimate of drug-likeness (QED) is 0.0531. The van der Waals surface area contributed by atoms with E-state index in [2.05, 4.69) is 57.8 Å². The minimum atomic E-state index is -0.645. The number of amides is 3. The largest absolute Gasteiger partial charge is 0.361 e. The van der Waals surface area contributed by atoms with Crippen LogP contribution in [0.2, 0.25) is 0 Å².